The van der Waals surface area contributed by atoms with E-state index in [1.165, 1.54) is 16.7 Å². The third-order valence-corrected chi connectivity index (χ3v) is 4.78. The van der Waals surface area contributed by atoms with Crippen LogP contribution in [0.3, 0.4) is 0 Å². The summed E-state index contributed by atoms with van der Waals surface area (Å²) in [7, 11) is 0. The van der Waals surface area contributed by atoms with E-state index in [1.807, 2.05) is 0 Å². The Kier molecular flexibility index (Phi) is 5.49. The number of carboxylic acid groups (broad SMARTS) is 1. The molecule has 22 heavy (non-hydrogen) atoms. The number of aliphatic carboxylic acids is 1. The molecule has 1 aliphatic rings. The summed E-state index contributed by atoms with van der Waals surface area (Å²) >= 11 is 0. The van der Waals surface area contributed by atoms with Crippen LogP contribution in [0.2, 0.25) is 0 Å². The van der Waals surface area contributed by atoms with Crippen molar-refractivity contribution in [3.05, 3.63) is 28.8 Å². The molecule has 0 aromatic heterocycles. The lowest BCUT2D eigenvalue weighted by Crippen LogP contribution is -2.06. The molecule has 0 amide bonds. The van der Waals surface area contributed by atoms with E-state index in [0.717, 1.165) is 38.0 Å². The molecule has 1 aromatic rings. The van der Waals surface area contributed by atoms with Gasteiger partial charge in [0.1, 0.15) is 5.75 Å². The predicted molar refractivity (Wildman–Crippen MR) is 88.6 cm³/mol. The van der Waals surface area contributed by atoms with E-state index in [2.05, 4.69) is 39.8 Å². The van der Waals surface area contributed by atoms with E-state index in [4.69, 9.17) is 9.84 Å². The van der Waals surface area contributed by atoms with Crippen molar-refractivity contribution in [2.75, 3.05) is 6.61 Å². The van der Waals surface area contributed by atoms with Crippen molar-refractivity contribution in [2.45, 2.75) is 59.3 Å². The predicted octanol–water partition coefficient (Wildman–Crippen LogP) is 4.70. The van der Waals surface area contributed by atoms with Crippen LogP contribution in [0.15, 0.2) is 12.1 Å². The Morgan fingerprint density at radius 3 is 2.59 bits per heavy atom. The Bertz CT molecular complexity index is 536. The lowest BCUT2D eigenvalue weighted by atomic mass is 9.86. The van der Waals surface area contributed by atoms with E-state index < -0.39 is 5.97 Å². The lowest BCUT2D eigenvalue weighted by Gasteiger charge is -2.20. The van der Waals surface area contributed by atoms with E-state index in [9.17, 15) is 4.79 Å². The van der Waals surface area contributed by atoms with Gasteiger partial charge in [0.15, 0.2) is 0 Å². The molecule has 3 atom stereocenters. The van der Waals surface area contributed by atoms with Gasteiger partial charge in [-0.2, -0.15) is 0 Å². The van der Waals surface area contributed by atoms with Crippen LogP contribution in [0.25, 0.3) is 0 Å². The van der Waals surface area contributed by atoms with Gasteiger partial charge in [0.25, 0.3) is 0 Å². The van der Waals surface area contributed by atoms with Crippen molar-refractivity contribution in [3.63, 3.8) is 0 Å². The molecule has 1 aromatic carbocycles. The first kappa shape index (κ1) is 16.9. The average Bonchev–Trinajstić information content (AvgIpc) is 3.25. The highest BCUT2D eigenvalue weighted by molar-refractivity contribution is 5.73. The number of aryl methyl sites for hydroxylation is 2. The highest BCUT2D eigenvalue weighted by Gasteiger charge is 2.43. The van der Waals surface area contributed by atoms with Gasteiger partial charge in [0.05, 0.1) is 12.5 Å². The van der Waals surface area contributed by atoms with E-state index in [0.29, 0.717) is 11.8 Å². The quantitative estimate of drug-likeness (QED) is 0.757. The Morgan fingerprint density at radius 2 is 2.05 bits per heavy atom. The standard InChI is InChI=1S/C19H28O3/c1-5-7-22-18-9-12(3)16(8-13(18)4)14(6-2)10-15-11-17(15)19(20)21/h8-9,14-15,17H,5-7,10-11H2,1-4H3,(H,20,21). The average molecular weight is 304 g/mol. The van der Waals surface area contributed by atoms with Crippen molar-refractivity contribution in [1.29, 1.82) is 0 Å². The van der Waals surface area contributed by atoms with Gasteiger partial charge in [-0.05, 0) is 74.1 Å². The summed E-state index contributed by atoms with van der Waals surface area (Å²) in [5.41, 5.74) is 3.80. The molecule has 1 fully saturated rings. The third kappa shape index (κ3) is 3.82. The molecule has 0 radical (unpaired) electrons. The van der Waals surface area contributed by atoms with Crippen LogP contribution in [0.5, 0.6) is 5.75 Å². The normalized spacial score (nSPS) is 21.5. The van der Waals surface area contributed by atoms with E-state index in [-0.39, 0.29) is 5.92 Å². The topological polar surface area (TPSA) is 46.5 Å². The maximum Gasteiger partial charge on any atom is 0.306 e. The van der Waals surface area contributed by atoms with E-state index >= 15 is 0 Å². The minimum Gasteiger partial charge on any atom is -0.493 e. The van der Waals surface area contributed by atoms with Crippen LogP contribution in [0, 0.1) is 25.7 Å². The molecule has 3 unspecified atom stereocenters. The number of carbonyl (C=O) groups is 1. The maximum absolute atomic E-state index is 11.0. The summed E-state index contributed by atoms with van der Waals surface area (Å²) < 4.78 is 5.80. The van der Waals surface area contributed by atoms with Gasteiger partial charge >= 0.3 is 5.97 Å². The fourth-order valence-electron chi connectivity index (χ4n) is 3.31. The molecule has 0 heterocycles. The Morgan fingerprint density at radius 1 is 1.32 bits per heavy atom. The zero-order valence-electron chi connectivity index (χ0n) is 14.2. The third-order valence-electron chi connectivity index (χ3n) is 4.78. The van der Waals surface area contributed by atoms with Crippen LogP contribution in [-0.4, -0.2) is 17.7 Å². The number of rotatable bonds is 8. The van der Waals surface area contributed by atoms with Crippen LogP contribution in [0.4, 0.5) is 0 Å². The highest BCUT2D eigenvalue weighted by Crippen LogP contribution is 2.46. The summed E-state index contributed by atoms with van der Waals surface area (Å²) in [6.07, 6.45) is 3.90. The smallest absolute Gasteiger partial charge is 0.306 e. The monoisotopic (exact) mass is 304 g/mol. The largest absolute Gasteiger partial charge is 0.493 e. The van der Waals surface area contributed by atoms with Crippen molar-refractivity contribution >= 4 is 5.97 Å². The van der Waals surface area contributed by atoms with Gasteiger partial charge in [0, 0.05) is 0 Å². The highest BCUT2D eigenvalue weighted by atomic mass is 16.5. The molecular formula is C19H28O3. The van der Waals surface area contributed by atoms with E-state index in [1.54, 1.807) is 0 Å². The zero-order chi connectivity index (χ0) is 16.3. The number of benzene rings is 1. The SMILES string of the molecule is CCCOc1cc(C)c(C(CC)CC2CC2C(=O)O)cc1C. The van der Waals surface area contributed by atoms with Crippen molar-refractivity contribution < 1.29 is 14.6 Å². The molecule has 122 valence electrons. The molecule has 0 spiro atoms. The van der Waals surface area contributed by atoms with Crippen molar-refractivity contribution in [2.24, 2.45) is 11.8 Å². The number of hydrogen-bond donors (Lipinski definition) is 1. The fourth-order valence-corrected chi connectivity index (χ4v) is 3.31. The number of carboxylic acids is 1. The summed E-state index contributed by atoms with van der Waals surface area (Å²) in [6.45, 7) is 9.28. The van der Waals surface area contributed by atoms with Gasteiger partial charge in [-0.25, -0.2) is 0 Å². The molecule has 0 bridgehead atoms. The summed E-state index contributed by atoms with van der Waals surface area (Å²) in [5.74, 6) is 1.05. The fraction of sp³-hybridized carbons (Fsp3) is 0.632. The molecule has 0 saturated heterocycles. The second-order valence-electron chi connectivity index (χ2n) is 6.60. The van der Waals surface area contributed by atoms with Crippen LogP contribution < -0.4 is 4.74 Å². The van der Waals surface area contributed by atoms with Gasteiger partial charge in [-0.1, -0.05) is 19.9 Å². The zero-order valence-corrected chi connectivity index (χ0v) is 14.2. The van der Waals surface area contributed by atoms with Gasteiger partial charge in [-0.3, -0.25) is 4.79 Å². The minimum absolute atomic E-state index is 0.109. The number of ether oxygens (including phenoxy) is 1. The Balaban J connectivity index is 2.12. The second kappa shape index (κ2) is 7.17. The summed E-state index contributed by atoms with van der Waals surface area (Å²) in [4.78, 5) is 11.0. The van der Waals surface area contributed by atoms with Gasteiger partial charge < -0.3 is 9.84 Å². The first-order valence-electron chi connectivity index (χ1n) is 8.44. The summed E-state index contributed by atoms with van der Waals surface area (Å²) in [6, 6.07) is 4.39. The molecule has 1 N–H and O–H groups in total. The molecule has 0 aliphatic heterocycles. The number of hydrogen-bond acceptors (Lipinski definition) is 2. The first-order valence-corrected chi connectivity index (χ1v) is 8.44. The molecule has 1 aliphatic carbocycles. The van der Waals surface area contributed by atoms with Crippen LogP contribution in [0.1, 0.15) is 62.1 Å². The molecule has 3 heteroatoms. The molecular weight excluding hydrogens is 276 g/mol. The van der Waals surface area contributed by atoms with Crippen molar-refractivity contribution in [1.82, 2.24) is 0 Å². The van der Waals surface area contributed by atoms with Crippen molar-refractivity contribution in [3.8, 4) is 5.75 Å². The Hall–Kier alpha value is -1.51. The Labute approximate surface area is 133 Å². The second-order valence-corrected chi connectivity index (χ2v) is 6.60. The first-order chi connectivity index (χ1) is 10.5. The lowest BCUT2D eigenvalue weighted by molar-refractivity contribution is -0.138. The molecule has 2 rings (SSSR count). The van der Waals surface area contributed by atoms with Gasteiger partial charge in [-0.15, -0.1) is 0 Å². The van der Waals surface area contributed by atoms with Crippen LogP contribution in [-0.2, 0) is 4.79 Å². The van der Waals surface area contributed by atoms with Crippen LogP contribution >= 0.6 is 0 Å². The summed E-state index contributed by atoms with van der Waals surface area (Å²) in [5, 5.41) is 9.08. The maximum atomic E-state index is 11.0. The van der Waals surface area contributed by atoms with Gasteiger partial charge in [0.2, 0.25) is 0 Å². The minimum atomic E-state index is -0.629. The molecule has 1 saturated carbocycles. The molecule has 3 nitrogen and oxygen atoms in total.